The van der Waals surface area contributed by atoms with Gasteiger partial charge in [0.25, 0.3) is 0 Å². The smallest absolute Gasteiger partial charge is 0.243 e. The van der Waals surface area contributed by atoms with Gasteiger partial charge in [-0.25, -0.2) is 0 Å². The Hall–Kier alpha value is -2.55. The molecule has 0 aromatic heterocycles. The summed E-state index contributed by atoms with van der Waals surface area (Å²) < 4.78 is 0. The van der Waals surface area contributed by atoms with E-state index in [2.05, 4.69) is 29.3 Å². The van der Waals surface area contributed by atoms with Crippen LogP contribution in [0.2, 0.25) is 0 Å². The highest BCUT2D eigenvalue weighted by molar-refractivity contribution is 5.84. The van der Waals surface area contributed by atoms with Crippen LogP contribution in [0.25, 0.3) is 0 Å². The zero-order valence-electron chi connectivity index (χ0n) is 12.5. The lowest BCUT2D eigenvalue weighted by Gasteiger charge is -2.33. The van der Waals surface area contributed by atoms with Crippen LogP contribution < -0.4 is 10.6 Å². The van der Waals surface area contributed by atoms with E-state index in [1.165, 1.54) is 5.56 Å². The SMILES string of the molecule is C=C1N[C@H](Cc2ccccc2)C(=O)N[C@@H]1Cc1ccccc1. The van der Waals surface area contributed by atoms with Gasteiger partial charge in [0.05, 0.1) is 6.04 Å². The van der Waals surface area contributed by atoms with Gasteiger partial charge in [-0.2, -0.15) is 0 Å². The molecule has 112 valence electrons. The van der Waals surface area contributed by atoms with E-state index in [-0.39, 0.29) is 18.0 Å². The highest BCUT2D eigenvalue weighted by atomic mass is 16.2. The number of piperazine rings is 1. The van der Waals surface area contributed by atoms with E-state index in [0.29, 0.717) is 6.42 Å². The van der Waals surface area contributed by atoms with Crippen molar-refractivity contribution in [2.75, 3.05) is 0 Å². The van der Waals surface area contributed by atoms with Crippen LogP contribution in [0.3, 0.4) is 0 Å². The number of hydrogen-bond acceptors (Lipinski definition) is 2. The molecule has 1 saturated heterocycles. The van der Waals surface area contributed by atoms with Crippen LogP contribution in [0.1, 0.15) is 11.1 Å². The third-order valence-corrected chi connectivity index (χ3v) is 3.98. The third-order valence-electron chi connectivity index (χ3n) is 3.98. The van der Waals surface area contributed by atoms with Crippen molar-refractivity contribution >= 4 is 5.91 Å². The summed E-state index contributed by atoms with van der Waals surface area (Å²) >= 11 is 0. The summed E-state index contributed by atoms with van der Waals surface area (Å²) in [5.74, 6) is 0.0391. The Balaban J connectivity index is 1.64. The Bertz CT molecular complexity index is 592. The quantitative estimate of drug-likeness (QED) is 0.909. The lowest BCUT2D eigenvalue weighted by atomic mass is 9.97. The molecule has 2 atom stereocenters. The Morgan fingerprint density at radius 2 is 1.27 bits per heavy atom. The highest BCUT2D eigenvalue weighted by Gasteiger charge is 2.29. The molecule has 2 N–H and O–H groups in total. The van der Waals surface area contributed by atoms with Crippen molar-refractivity contribution in [1.82, 2.24) is 10.6 Å². The molecule has 0 aliphatic carbocycles. The summed E-state index contributed by atoms with van der Waals surface area (Å²) in [4.78, 5) is 12.3. The summed E-state index contributed by atoms with van der Waals surface area (Å²) in [6, 6.07) is 19.9. The molecule has 1 aliphatic rings. The molecular formula is C19H20N2O. The number of rotatable bonds is 4. The molecule has 22 heavy (non-hydrogen) atoms. The van der Waals surface area contributed by atoms with E-state index in [0.717, 1.165) is 17.7 Å². The minimum atomic E-state index is -0.248. The van der Waals surface area contributed by atoms with E-state index < -0.39 is 0 Å². The van der Waals surface area contributed by atoms with Gasteiger partial charge in [0.15, 0.2) is 0 Å². The molecule has 0 spiro atoms. The van der Waals surface area contributed by atoms with Gasteiger partial charge in [0, 0.05) is 12.1 Å². The summed E-state index contributed by atoms with van der Waals surface area (Å²) in [7, 11) is 0. The average molecular weight is 292 g/mol. The van der Waals surface area contributed by atoms with Crippen LogP contribution in [0.5, 0.6) is 0 Å². The predicted octanol–water partition coefficient (Wildman–Crippen LogP) is 2.44. The fraction of sp³-hybridized carbons (Fsp3) is 0.211. The molecule has 0 radical (unpaired) electrons. The molecular weight excluding hydrogens is 272 g/mol. The maximum Gasteiger partial charge on any atom is 0.243 e. The lowest BCUT2D eigenvalue weighted by Crippen LogP contribution is -2.57. The monoisotopic (exact) mass is 292 g/mol. The number of amides is 1. The number of hydrogen-bond donors (Lipinski definition) is 2. The Morgan fingerprint density at radius 3 is 1.82 bits per heavy atom. The van der Waals surface area contributed by atoms with Gasteiger partial charge in [0.2, 0.25) is 5.91 Å². The second-order valence-corrected chi connectivity index (χ2v) is 5.66. The van der Waals surface area contributed by atoms with Gasteiger partial charge in [-0.3, -0.25) is 4.79 Å². The summed E-state index contributed by atoms with van der Waals surface area (Å²) in [6.07, 6.45) is 1.43. The molecule has 1 heterocycles. The molecule has 1 aliphatic heterocycles. The van der Waals surface area contributed by atoms with Gasteiger partial charge >= 0.3 is 0 Å². The van der Waals surface area contributed by atoms with Crippen molar-refractivity contribution in [2.24, 2.45) is 0 Å². The molecule has 3 rings (SSSR count). The Labute approximate surface area is 131 Å². The fourth-order valence-corrected chi connectivity index (χ4v) is 2.77. The van der Waals surface area contributed by atoms with E-state index in [1.54, 1.807) is 0 Å². The van der Waals surface area contributed by atoms with Crippen LogP contribution >= 0.6 is 0 Å². The van der Waals surface area contributed by atoms with Crippen LogP contribution in [0.4, 0.5) is 0 Å². The average Bonchev–Trinajstić information content (AvgIpc) is 2.54. The summed E-state index contributed by atoms with van der Waals surface area (Å²) in [5, 5.41) is 6.36. The standard InChI is InChI=1S/C19H20N2O/c1-14-17(12-15-8-4-2-5-9-15)21-19(22)18(20-14)13-16-10-6-3-7-11-16/h2-11,17-18,20H,1,12-13H2,(H,21,22)/t17-,18-/m1/s1. The normalized spacial score (nSPS) is 21.1. The molecule has 1 fully saturated rings. The predicted molar refractivity (Wildman–Crippen MR) is 88.3 cm³/mol. The summed E-state index contributed by atoms with van der Waals surface area (Å²) in [6.45, 7) is 4.09. The molecule has 3 heteroatoms. The van der Waals surface area contributed by atoms with Crippen molar-refractivity contribution in [3.8, 4) is 0 Å². The molecule has 3 nitrogen and oxygen atoms in total. The minimum Gasteiger partial charge on any atom is -0.376 e. The number of carbonyl (C=O) groups excluding carboxylic acids is 1. The fourth-order valence-electron chi connectivity index (χ4n) is 2.77. The molecule has 0 bridgehead atoms. The Morgan fingerprint density at radius 1 is 0.773 bits per heavy atom. The van der Waals surface area contributed by atoms with E-state index in [1.807, 2.05) is 48.5 Å². The maximum absolute atomic E-state index is 12.3. The van der Waals surface area contributed by atoms with Gasteiger partial charge in [-0.15, -0.1) is 0 Å². The van der Waals surface area contributed by atoms with E-state index >= 15 is 0 Å². The van der Waals surface area contributed by atoms with Crippen molar-refractivity contribution in [1.29, 1.82) is 0 Å². The maximum atomic E-state index is 12.3. The van der Waals surface area contributed by atoms with E-state index in [9.17, 15) is 4.79 Å². The van der Waals surface area contributed by atoms with Crippen molar-refractivity contribution in [3.05, 3.63) is 84.1 Å². The molecule has 2 aromatic carbocycles. The first-order chi connectivity index (χ1) is 10.7. The highest BCUT2D eigenvalue weighted by Crippen LogP contribution is 2.14. The second kappa shape index (κ2) is 6.48. The van der Waals surface area contributed by atoms with Crippen LogP contribution in [0.15, 0.2) is 72.9 Å². The molecule has 0 saturated carbocycles. The van der Waals surface area contributed by atoms with Crippen LogP contribution in [0, 0.1) is 0 Å². The molecule has 2 aromatic rings. The largest absolute Gasteiger partial charge is 0.376 e. The first kappa shape index (κ1) is 14.4. The minimum absolute atomic E-state index is 0.0391. The van der Waals surface area contributed by atoms with Crippen LogP contribution in [-0.4, -0.2) is 18.0 Å². The third kappa shape index (κ3) is 3.37. The van der Waals surface area contributed by atoms with Crippen molar-refractivity contribution in [2.45, 2.75) is 24.9 Å². The van der Waals surface area contributed by atoms with Crippen LogP contribution in [-0.2, 0) is 17.6 Å². The van der Waals surface area contributed by atoms with E-state index in [4.69, 9.17) is 0 Å². The number of benzene rings is 2. The summed E-state index contributed by atoms with van der Waals surface area (Å²) in [5.41, 5.74) is 3.21. The van der Waals surface area contributed by atoms with Gasteiger partial charge in [0.1, 0.15) is 6.04 Å². The Kier molecular flexibility index (Phi) is 4.24. The zero-order chi connectivity index (χ0) is 15.4. The van der Waals surface area contributed by atoms with Gasteiger partial charge in [-0.05, 0) is 17.5 Å². The first-order valence-corrected chi connectivity index (χ1v) is 7.56. The molecule has 0 unspecified atom stereocenters. The van der Waals surface area contributed by atoms with Gasteiger partial charge < -0.3 is 10.6 Å². The topological polar surface area (TPSA) is 41.1 Å². The number of carbonyl (C=O) groups is 1. The molecule has 1 amide bonds. The van der Waals surface area contributed by atoms with Crippen molar-refractivity contribution < 1.29 is 4.79 Å². The number of nitrogens with one attached hydrogen (secondary N) is 2. The van der Waals surface area contributed by atoms with Crippen molar-refractivity contribution in [3.63, 3.8) is 0 Å². The zero-order valence-corrected chi connectivity index (χ0v) is 12.5. The van der Waals surface area contributed by atoms with Gasteiger partial charge in [-0.1, -0.05) is 67.2 Å². The lowest BCUT2D eigenvalue weighted by molar-refractivity contribution is -0.124. The first-order valence-electron chi connectivity index (χ1n) is 7.56. The second-order valence-electron chi connectivity index (χ2n) is 5.66.